The molecule has 0 aliphatic rings. The summed E-state index contributed by atoms with van der Waals surface area (Å²) < 4.78 is 23.6. The molecule has 0 radical (unpaired) electrons. The van der Waals surface area contributed by atoms with Crippen LogP contribution in [0.3, 0.4) is 0 Å². The van der Waals surface area contributed by atoms with Gasteiger partial charge in [0.05, 0.1) is 18.8 Å². The molecule has 0 saturated carbocycles. The predicted octanol–water partition coefficient (Wildman–Crippen LogP) is 3.53. The second kappa shape index (κ2) is 5.40. The van der Waals surface area contributed by atoms with Crippen LogP contribution in [0.5, 0.6) is 5.75 Å². The molecule has 3 aromatic rings. The van der Waals surface area contributed by atoms with Crippen molar-refractivity contribution in [1.29, 1.82) is 0 Å². The Bertz CT molecular complexity index is 852. The minimum absolute atomic E-state index is 0.140. The highest BCUT2D eigenvalue weighted by atomic mass is 19.1. The number of fused-ring (bicyclic) bond motifs is 1. The molecule has 0 aliphatic carbocycles. The average Bonchev–Trinajstić information content (AvgIpc) is 2.50. The van der Waals surface area contributed by atoms with Crippen LogP contribution < -0.4 is 10.2 Å². The Kier molecular flexibility index (Phi) is 3.44. The number of benzene rings is 2. The van der Waals surface area contributed by atoms with Crippen molar-refractivity contribution in [2.24, 2.45) is 0 Å². The van der Waals surface area contributed by atoms with E-state index in [4.69, 9.17) is 9.15 Å². The molecular weight excluding hydrogens is 271 g/mol. The fraction of sp³-hybridized carbons (Fsp3) is 0.118. The van der Waals surface area contributed by atoms with Crippen LogP contribution in [0, 0.1) is 5.82 Å². The minimum Gasteiger partial charge on any atom is -0.497 e. The summed E-state index contributed by atoms with van der Waals surface area (Å²) in [5, 5.41) is 0.386. The normalized spacial score (nSPS) is 10.8. The maximum Gasteiger partial charge on any atom is 0.196 e. The van der Waals surface area contributed by atoms with Gasteiger partial charge in [-0.25, -0.2) is 4.39 Å². The Morgan fingerprint density at radius 3 is 2.86 bits per heavy atom. The summed E-state index contributed by atoms with van der Waals surface area (Å²) in [5.41, 5.74) is 1.60. The first-order valence-corrected chi connectivity index (χ1v) is 6.50. The molecule has 0 N–H and O–H groups in total. The first kappa shape index (κ1) is 13.4. The van der Waals surface area contributed by atoms with Gasteiger partial charge in [0.2, 0.25) is 0 Å². The SMILES string of the molecule is COc1cccc(Cc2coc3cc(F)ccc3c2=O)c1. The third kappa shape index (κ3) is 2.65. The Hall–Kier alpha value is -2.62. The first-order valence-electron chi connectivity index (χ1n) is 6.50. The number of methoxy groups -OCH3 is 1. The van der Waals surface area contributed by atoms with Crippen molar-refractivity contribution >= 4 is 11.0 Å². The molecule has 21 heavy (non-hydrogen) atoms. The molecule has 1 heterocycles. The van der Waals surface area contributed by atoms with Gasteiger partial charge in [-0.05, 0) is 29.8 Å². The topological polar surface area (TPSA) is 39.4 Å². The quantitative estimate of drug-likeness (QED) is 0.738. The molecule has 2 aromatic carbocycles. The van der Waals surface area contributed by atoms with E-state index in [1.807, 2.05) is 24.3 Å². The number of hydrogen-bond donors (Lipinski definition) is 0. The maximum atomic E-state index is 13.1. The molecule has 0 saturated heterocycles. The lowest BCUT2D eigenvalue weighted by atomic mass is 10.0. The van der Waals surface area contributed by atoms with Crippen LogP contribution in [0.2, 0.25) is 0 Å². The third-order valence-electron chi connectivity index (χ3n) is 3.34. The molecular formula is C17H13FO3. The minimum atomic E-state index is -0.425. The van der Waals surface area contributed by atoms with Gasteiger partial charge in [-0.3, -0.25) is 4.79 Å². The molecule has 4 heteroatoms. The zero-order valence-corrected chi connectivity index (χ0v) is 11.4. The van der Waals surface area contributed by atoms with Gasteiger partial charge in [-0.2, -0.15) is 0 Å². The summed E-state index contributed by atoms with van der Waals surface area (Å²) in [4.78, 5) is 12.4. The van der Waals surface area contributed by atoms with Crippen molar-refractivity contribution in [2.75, 3.05) is 7.11 Å². The molecule has 0 atom stereocenters. The van der Waals surface area contributed by atoms with Gasteiger partial charge >= 0.3 is 0 Å². The van der Waals surface area contributed by atoms with Gasteiger partial charge in [-0.15, -0.1) is 0 Å². The van der Waals surface area contributed by atoms with Crippen molar-refractivity contribution < 1.29 is 13.5 Å². The largest absolute Gasteiger partial charge is 0.497 e. The van der Waals surface area contributed by atoms with Crippen LogP contribution in [-0.2, 0) is 6.42 Å². The van der Waals surface area contributed by atoms with Crippen LogP contribution in [0.15, 0.2) is 57.9 Å². The Labute approximate surface area is 120 Å². The van der Waals surface area contributed by atoms with Gasteiger partial charge in [0.15, 0.2) is 5.43 Å². The van der Waals surface area contributed by atoms with E-state index in [9.17, 15) is 9.18 Å². The number of hydrogen-bond acceptors (Lipinski definition) is 3. The Balaban J connectivity index is 2.03. The lowest BCUT2D eigenvalue weighted by Crippen LogP contribution is -2.09. The Morgan fingerprint density at radius 1 is 1.19 bits per heavy atom. The van der Waals surface area contributed by atoms with Gasteiger partial charge in [0.25, 0.3) is 0 Å². The molecule has 3 nitrogen and oxygen atoms in total. The number of halogens is 1. The molecule has 0 bridgehead atoms. The van der Waals surface area contributed by atoms with E-state index in [-0.39, 0.29) is 11.0 Å². The second-order valence-electron chi connectivity index (χ2n) is 4.76. The first-order chi connectivity index (χ1) is 10.2. The van der Waals surface area contributed by atoms with E-state index >= 15 is 0 Å². The summed E-state index contributed by atoms with van der Waals surface area (Å²) in [5.74, 6) is 0.311. The van der Waals surface area contributed by atoms with Gasteiger partial charge < -0.3 is 9.15 Å². The van der Waals surface area contributed by atoms with Crippen molar-refractivity contribution in [1.82, 2.24) is 0 Å². The molecule has 1 aromatic heterocycles. The Morgan fingerprint density at radius 2 is 2.05 bits per heavy atom. The summed E-state index contributed by atoms with van der Waals surface area (Å²) in [6.45, 7) is 0. The van der Waals surface area contributed by atoms with E-state index in [0.717, 1.165) is 11.3 Å². The highest BCUT2D eigenvalue weighted by Gasteiger charge is 2.09. The smallest absolute Gasteiger partial charge is 0.196 e. The molecule has 0 amide bonds. The monoisotopic (exact) mass is 284 g/mol. The summed E-state index contributed by atoms with van der Waals surface area (Å²) >= 11 is 0. The second-order valence-corrected chi connectivity index (χ2v) is 4.76. The van der Waals surface area contributed by atoms with Crippen LogP contribution in [-0.4, -0.2) is 7.11 Å². The molecule has 0 aliphatic heterocycles. The zero-order chi connectivity index (χ0) is 14.8. The van der Waals surface area contributed by atoms with Gasteiger partial charge in [0, 0.05) is 18.1 Å². The van der Waals surface area contributed by atoms with E-state index < -0.39 is 5.82 Å². The molecule has 0 unspecified atom stereocenters. The average molecular weight is 284 g/mol. The van der Waals surface area contributed by atoms with Crippen LogP contribution >= 0.6 is 0 Å². The van der Waals surface area contributed by atoms with Crippen molar-refractivity contribution in [3.05, 3.63) is 75.9 Å². The predicted molar refractivity (Wildman–Crippen MR) is 78.2 cm³/mol. The lowest BCUT2D eigenvalue weighted by molar-refractivity contribution is 0.414. The van der Waals surface area contributed by atoms with Crippen LogP contribution in [0.25, 0.3) is 11.0 Å². The van der Waals surface area contributed by atoms with Crippen molar-refractivity contribution in [3.63, 3.8) is 0 Å². The molecule has 0 spiro atoms. The maximum absolute atomic E-state index is 13.1. The highest BCUT2D eigenvalue weighted by Crippen LogP contribution is 2.17. The standard InChI is InChI=1S/C17H13FO3/c1-20-14-4-2-3-11(8-14)7-12-10-21-16-9-13(18)5-6-15(16)17(12)19/h2-6,8-10H,7H2,1H3. The van der Waals surface area contributed by atoms with Crippen molar-refractivity contribution in [2.45, 2.75) is 6.42 Å². The fourth-order valence-corrected chi connectivity index (χ4v) is 2.27. The van der Waals surface area contributed by atoms with E-state index in [2.05, 4.69) is 0 Å². The van der Waals surface area contributed by atoms with E-state index in [1.165, 1.54) is 24.5 Å². The van der Waals surface area contributed by atoms with Gasteiger partial charge in [-0.1, -0.05) is 12.1 Å². The fourth-order valence-electron chi connectivity index (χ4n) is 2.27. The molecule has 106 valence electrons. The van der Waals surface area contributed by atoms with E-state index in [0.29, 0.717) is 17.4 Å². The van der Waals surface area contributed by atoms with Crippen LogP contribution in [0.1, 0.15) is 11.1 Å². The lowest BCUT2D eigenvalue weighted by Gasteiger charge is -2.05. The third-order valence-corrected chi connectivity index (χ3v) is 3.34. The molecule has 3 rings (SSSR count). The zero-order valence-electron chi connectivity index (χ0n) is 11.4. The van der Waals surface area contributed by atoms with Gasteiger partial charge in [0.1, 0.15) is 17.1 Å². The summed E-state index contributed by atoms with van der Waals surface area (Å²) in [6, 6.07) is 11.4. The van der Waals surface area contributed by atoms with E-state index in [1.54, 1.807) is 7.11 Å². The number of rotatable bonds is 3. The highest BCUT2D eigenvalue weighted by molar-refractivity contribution is 5.76. The van der Waals surface area contributed by atoms with Crippen molar-refractivity contribution in [3.8, 4) is 5.75 Å². The number of ether oxygens (including phenoxy) is 1. The molecule has 0 fully saturated rings. The van der Waals surface area contributed by atoms with Crippen LogP contribution in [0.4, 0.5) is 4.39 Å². The summed E-state index contributed by atoms with van der Waals surface area (Å²) in [6.07, 6.45) is 1.83. The summed E-state index contributed by atoms with van der Waals surface area (Å²) in [7, 11) is 1.60.